The van der Waals surface area contributed by atoms with Gasteiger partial charge in [-0.1, -0.05) is 6.92 Å². The van der Waals surface area contributed by atoms with Crippen molar-refractivity contribution in [2.24, 2.45) is 5.92 Å². The van der Waals surface area contributed by atoms with E-state index in [1.807, 2.05) is 13.8 Å². The highest BCUT2D eigenvalue weighted by Crippen LogP contribution is 2.25. The Hall–Kier alpha value is -0.180. The second-order valence-electron chi connectivity index (χ2n) is 2.45. The molecule has 0 aromatic carbocycles. The van der Waals surface area contributed by atoms with E-state index >= 15 is 0 Å². The predicted molar refractivity (Wildman–Crippen MR) is 37.5 cm³/mol. The Morgan fingerprint density at radius 2 is 2.11 bits per heavy atom. The molecule has 52 valence electrons. The van der Waals surface area contributed by atoms with Gasteiger partial charge in [0.2, 0.25) is 0 Å². The van der Waals surface area contributed by atoms with Crippen LogP contribution in [0.15, 0.2) is 0 Å². The molecule has 0 aromatic rings. The Kier molecular flexibility index (Phi) is 1.70. The van der Waals surface area contributed by atoms with Crippen molar-refractivity contribution in [3.63, 3.8) is 0 Å². The van der Waals surface area contributed by atoms with Crippen molar-refractivity contribution in [2.75, 3.05) is 0 Å². The van der Waals surface area contributed by atoms with Gasteiger partial charge in [0.25, 0.3) is 0 Å². The molecule has 1 heterocycles. The fourth-order valence-corrected chi connectivity index (χ4v) is 1.13. The molecule has 2 nitrogen and oxygen atoms in total. The molecule has 0 amide bonds. The summed E-state index contributed by atoms with van der Waals surface area (Å²) in [5.74, 6) is 0.0687. The number of ether oxygens (including phenoxy) is 1. The lowest BCUT2D eigenvalue weighted by Gasteiger charge is -2.06. The molecule has 0 aliphatic carbocycles. The Balaban J connectivity index is 2.65. The van der Waals surface area contributed by atoms with Crippen LogP contribution in [0.2, 0.25) is 0 Å². The lowest BCUT2D eigenvalue weighted by Crippen LogP contribution is -2.14. The third-order valence-corrected chi connectivity index (χ3v) is 2.46. The average molecular weight is 146 g/mol. The van der Waals surface area contributed by atoms with Gasteiger partial charge in [-0.25, -0.2) is 0 Å². The molecule has 0 spiro atoms. The van der Waals surface area contributed by atoms with Crippen molar-refractivity contribution in [3.05, 3.63) is 0 Å². The zero-order valence-electron chi connectivity index (χ0n) is 5.50. The van der Waals surface area contributed by atoms with E-state index in [9.17, 15) is 4.79 Å². The van der Waals surface area contributed by atoms with Crippen molar-refractivity contribution in [1.29, 1.82) is 0 Å². The molecule has 3 heteroatoms. The van der Waals surface area contributed by atoms with E-state index in [0.717, 1.165) is 0 Å². The van der Waals surface area contributed by atoms with E-state index in [1.165, 1.54) is 0 Å². The van der Waals surface area contributed by atoms with Crippen molar-refractivity contribution in [2.45, 2.75) is 25.2 Å². The number of carbonyl (C=O) groups is 1. The first-order valence-corrected chi connectivity index (χ1v) is 3.53. The van der Waals surface area contributed by atoms with Crippen molar-refractivity contribution >= 4 is 18.6 Å². The number of thiol groups is 1. The number of rotatable bonds is 0. The van der Waals surface area contributed by atoms with E-state index in [1.54, 1.807) is 0 Å². The molecule has 0 saturated carbocycles. The summed E-state index contributed by atoms with van der Waals surface area (Å²) in [6, 6.07) is 0. The van der Waals surface area contributed by atoms with Crippen LogP contribution in [0.3, 0.4) is 0 Å². The minimum absolute atomic E-state index is 0.0417. The summed E-state index contributed by atoms with van der Waals surface area (Å²) in [4.78, 5) is 10.7. The van der Waals surface area contributed by atoms with E-state index in [4.69, 9.17) is 4.74 Å². The van der Waals surface area contributed by atoms with Crippen molar-refractivity contribution in [1.82, 2.24) is 0 Å². The molecule has 1 fully saturated rings. The van der Waals surface area contributed by atoms with Crippen molar-refractivity contribution in [3.8, 4) is 0 Å². The Labute approximate surface area is 60.0 Å². The van der Waals surface area contributed by atoms with Crippen LogP contribution >= 0.6 is 12.6 Å². The van der Waals surface area contributed by atoms with Crippen LogP contribution in [-0.4, -0.2) is 17.3 Å². The van der Waals surface area contributed by atoms with Gasteiger partial charge in [-0.2, -0.15) is 12.6 Å². The van der Waals surface area contributed by atoms with Crippen LogP contribution in [0.25, 0.3) is 0 Å². The highest BCUT2D eigenvalue weighted by molar-refractivity contribution is 7.81. The summed E-state index contributed by atoms with van der Waals surface area (Å²) in [6.45, 7) is 3.85. The molecule has 1 aliphatic heterocycles. The number of cyclic esters (lactones) is 1. The first-order valence-electron chi connectivity index (χ1n) is 3.01. The third-order valence-electron chi connectivity index (χ3n) is 1.78. The van der Waals surface area contributed by atoms with Crippen LogP contribution in [0.1, 0.15) is 13.8 Å². The highest BCUT2D eigenvalue weighted by Gasteiger charge is 2.36. The van der Waals surface area contributed by atoms with Crippen LogP contribution in [0.4, 0.5) is 0 Å². The standard InChI is InChI=1S/C6H10O2S/c1-3-4(2)8-6(7)5(3)9/h3-5,9H,1-2H3. The molecule has 0 aromatic heterocycles. The quantitative estimate of drug-likeness (QED) is 0.405. The fourth-order valence-electron chi connectivity index (χ4n) is 0.832. The summed E-state index contributed by atoms with van der Waals surface area (Å²) in [5.41, 5.74) is 0. The molecular weight excluding hydrogens is 136 g/mol. The second-order valence-corrected chi connectivity index (χ2v) is 3.00. The lowest BCUT2D eigenvalue weighted by molar-refractivity contribution is -0.140. The number of carbonyl (C=O) groups excluding carboxylic acids is 1. The SMILES string of the molecule is CC1OC(=O)C(S)C1C. The van der Waals surface area contributed by atoms with Gasteiger partial charge in [0.15, 0.2) is 0 Å². The molecule has 1 aliphatic rings. The minimum Gasteiger partial charge on any atom is -0.461 e. The van der Waals surface area contributed by atoms with E-state index < -0.39 is 0 Å². The summed E-state index contributed by atoms with van der Waals surface area (Å²) in [5, 5.41) is -0.208. The van der Waals surface area contributed by atoms with Gasteiger partial charge in [0, 0.05) is 5.92 Å². The Morgan fingerprint density at radius 3 is 2.22 bits per heavy atom. The Morgan fingerprint density at radius 1 is 1.56 bits per heavy atom. The van der Waals surface area contributed by atoms with Gasteiger partial charge in [0.05, 0.1) is 0 Å². The molecule has 0 N–H and O–H groups in total. The molecule has 0 bridgehead atoms. The third kappa shape index (κ3) is 1.06. The number of hydrogen-bond donors (Lipinski definition) is 1. The maximum Gasteiger partial charge on any atom is 0.319 e. The van der Waals surface area contributed by atoms with E-state index in [0.29, 0.717) is 0 Å². The highest BCUT2D eigenvalue weighted by atomic mass is 32.1. The van der Waals surface area contributed by atoms with Gasteiger partial charge in [-0.15, -0.1) is 0 Å². The van der Waals surface area contributed by atoms with Gasteiger partial charge in [0.1, 0.15) is 11.4 Å². The molecule has 3 atom stereocenters. The smallest absolute Gasteiger partial charge is 0.319 e. The molecule has 1 saturated heterocycles. The summed E-state index contributed by atoms with van der Waals surface area (Å²) >= 11 is 4.07. The zero-order valence-corrected chi connectivity index (χ0v) is 6.39. The monoisotopic (exact) mass is 146 g/mol. The van der Waals surface area contributed by atoms with Crippen LogP contribution in [-0.2, 0) is 9.53 Å². The largest absolute Gasteiger partial charge is 0.461 e. The maximum atomic E-state index is 10.7. The van der Waals surface area contributed by atoms with Crippen LogP contribution in [0.5, 0.6) is 0 Å². The first kappa shape index (κ1) is 6.93. The van der Waals surface area contributed by atoms with Crippen molar-refractivity contribution < 1.29 is 9.53 Å². The average Bonchev–Trinajstić information content (AvgIpc) is 1.98. The normalized spacial score (nSPS) is 43.0. The first-order chi connectivity index (χ1) is 4.13. The molecule has 1 rings (SSSR count). The molecule has 9 heavy (non-hydrogen) atoms. The van der Waals surface area contributed by atoms with Crippen LogP contribution in [0, 0.1) is 5.92 Å². The van der Waals surface area contributed by atoms with E-state index in [2.05, 4.69) is 12.6 Å². The van der Waals surface area contributed by atoms with Gasteiger partial charge < -0.3 is 4.74 Å². The van der Waals surface area contributed by atoms with Gasteiger partial charge in [-0.05, 0) is 6.92 Å². The van der Waals surface area contributed by atoms with Gasteiger partial charge >= 0.3 is 5.97 Å². The van der Waals surface area contributed by atoms with E-state index in [-0.39, 0.29) is 23.2 Å². The molecule has 0 radical (unpaired) electrons. The topological polar surface area (TPSA) is 26.3 Å². The zero-order chi connectivity index (χ0) is 7.02. The predicted octanol–water partition coefficient (Wildman–Crippen LogP) is 0.866. The van der Waals surface area contributed by atoms with Gasteiger partial charge in [-0.3, -0.25) is 4.79 Å². The Bertz CT molecular complexity index is 135. The summed E-state index contributed by atoms with van der Waals surface area (Å²) in [7, 11) is 0. The number of hydrogen-bond acceptors (Lipinski definition) is 3. The summed E-state index contributed by atoms with van der Waals surface area (Å²) < 4.78 is 4.87. The number of esters is 1. The second kappa shape index (κ2) is 2.21. The lowest BCUT2D eigenvalue weighted by atomic mass is 10.1. The summed E-state index contributed by atoms with van der Waals surface area (Å²) in [6.07, 6.45) is 0.0417. The van der Waals surface area contributed by atoms with Crippen LogP contribution < -0.4 is 0 Å². The molecule has 3 unspecified atom stereocenters. The fraction of sp³-hybridized carbons (Fsp3) is 0.833. The maximum absolute atomic E-state index is 10.7. The molecular formula is C6H10O2S. The minimum atomic E-state index is -0.208.